The van der Waals surface area contributed by atoms with Crippen LogP contribution < -0.4 is 0 Å². The van der Waals surface area contributed by atoms with Gasteiger partial charge in [-0.25, -0.2) is 0 Å². The Hall–Kier alpha value is -2.35. The first-order valence-electron chi connectivity index (χ1n) is 6.82. The Morgan fingerprint density at radius 1 is 0.850 bits per heavy atom. The highest BCUT2D eigenvalue weighted by atomic mass is 16.5. The van der Waals surface area contributed by atoms with Gasteiger partial charge in [0.05, 0.1) is 12.5 Å². The highest BCUT2D eigenvalue weighted by Crippen LogP contribution is 2.33. The molecule has 0 aliphatic carbocycles. The molecule has 0 N–H and O–H groups in total. The largest absolute Gasteiger partial charge is 0.496 e. The van der Waals surface area contributed by atoms with Crippen molar-refractivity contribution in [3.05, 3.63) is 83.6 Å². The fraction of sp³-hybridized carbons (Fsp3) is 0.167. The van der Waals surface area contributed by atoms with Crippen molar-refractivity contribution in [2.45, 2.75) is 12.3 Å². The van der Waals surface area contributed by atoms with Crippen LogP contribution in [0.15, 0.2) is 72.5 Å². The van der Waals surface area contributed by atoms with Gasteiger partial charge in [-0.05, 0) is 11.1 Å². The van der Waals surface area contributed by atoms with E-state index < -0.39 is 0 Å². The molecule has 20 heavy (non-hydrogen) atoms. The number of carbonyl (C=O) groups excluding carboxylic acids is 1. The highest BCUT2D eigenvalue weighted by molar-refractivity contribution is 5.91. The van der Waals surface area contributed by atoms with Crippen LogP contribution in [0.3, 0.4) is 0 Å². The molecule has 2 heteroatoms. The summed E-state index contributed by atoms with van der Waals surface area (Å²) in [5.41, 5.74) is 2.28. The molecule has 1 aliphatic heterocycles. The molecule has 2 aromatic rings. The van der Waals surface area contributed by atoms with E-state index in [9.17, 15) is 4.79 Å². The van der Waals surface area contributed by atoms with E-state index in [1.807, 2.05) is 36.4 Å². The molecule has 0 radical (unpaired) electrons. The number of rotatable bonds is 3. The van der Waals surface area contributed by atoms with Crippen molar-refractivity contribution in [1.82, 2.24) is 0 Å². The summed E-state index contributed by atoms with van der Waals surface area (Å²) < 4.78 is 5.76. The lowest BCUT2D eigenvalue weighted by Crippen LogP contribution is -2.16. The fourth-order valence-corrected chi connectivity index (χ4v) is 2.52. The molecule has 0 bridgehead atoms. The van der Waals surface area contributed by atoms with E-state index in [1.165, 1.54) is 0 Å². The van der Waals surface area contributed by atoms with Crippen LogP contribution in [0.25, 0.3) is 0 Å². The summed E-state index contributed by atoms with van der Waals surface area (Å²) in [6.45, 7) is 0.473. The maximum absolute atomic E-state index is 11.7. The van der Waals surface area contributed by atoms with E-state index in [4.69, 9.17) is 4.74 Å². The van der Waals surface area contributed by atoms with E-state index in [-0.39, 0.29) is 11.7 Å². The van der Waals surface area contributed by atoms with Crippen LogP contribution in [0, 0.1) is 0 Å². The molecule has 0 spiro atoms. The molecule has 1 aliphatic rings. The lowest BCUT2D eigenvalue weighted by atomic mass is 9.88. The van der Waals surface area contributed by atoms with Gasteiger partial charge < -0.3 is 4.74 Å². The van der Waals surface area contributed by atoms with Crippen LogP contribution in [0.5, 0.6) is 0 Å². The molecular weight excluding hydrogens is 248 g/mol. The molecule has 3 rings (SSSR count). The molecule has 0 aromatic heterocycles. The molecular formula is C18H16O2. The third kappa shape index (κ3) is 2.64. The zero-order valence-electron chi connectivity index (χ0n) is 11.2. The Kier molecular flexibility index (Phi) is 3.64. The van der Waals surface area contributed by atoms with Crippen molar-refractivity contribution in [3.63, 3.8) is 0 Å². The lowest BCUT2D eigenvalue weighted by Gasteiger charge is -2.24. The zero-order chi connectivity index (χ0) is 13.8. The molecule has 0 unspecified atom stereocenters. The van der Waals surface area contributed by atoms with E-state index in [1.54, 1.807) is 6.08 Å². The second kappa shape index (κ2) is 5.74. The van der Waals surface area contributed by atoms with Gasteiger partial charge in [0.25, 0.3) is 0 Å². The van der Waals surface area contributed by atoms with Crippen LogP contribution in [-0.4, -0.2) is 12.4 Å². The van der Waals surface area contributed by atoms with Gasteiger partial charge in [0.1, 0.15) is 5.76 Å². The van der Waals surface area contributed by atoms with E-state index >= 15 is 0 Å². The SMILES string of the molecule is O=C1C=C(C(c2ccccc2)c2ccccc2)OCC1. The van der Waals surface area contributed by atoms with Crippen LogP contribution in [0.4, 0.5) is 0 Å². The number of allylic oxidation sites excluding steroid dienone is 2. The summed E-state index contributed by atoms with van der Waals surface area (Å²) >= 11 is 0. The highest BCUT2D eigenvalue weighted by Gasteiger charge is 2.23. The molecule has 0 saturated heterocycles. The van der Waals surface area contributed by atoms with Gasteiger partial charge in [0, 0.05) is 12.5 Å². The lowest BCUT2D eigenvalue weighted by molar-refractivity contribution is -0.116. The number of carbonyl (C=O) groups is 1. The minimum atomic E-state index is -0.0124. The quantitative estimate of drug-likeness (QED) is 0.845. The zero-order valence-corrected chi connectivity index (χ0v) is 11.2. The second-order valence-corrected chi connectivity index (χ2v) is 4.87. The van der Waals surface area contributed by atoms with Crippen LogP contribution >= 0.6 is 0 Å². The maximum atomic E-state index is 11.7. The van der Waals surface area contributed by atoms with Gasteiger partial charge in [-0.1, -0.05) is 60.7 Å². The minimum absolute atomic E-state index is 0.0124. The van der Waals surface area contributed by atoms with Crippen molar-refractivity contribution in [2.75, 3.05) is 6.61 Å². The van der Waals surface area contributed by atoms with E-state index in [0.717, 1.165) is 16.9 Å². The van der Waals surface area contributed by atoms with Gasteiger partial charge in [0.2, 0.25) is 0 Å². The number of ketones is 1. The first-order valence-corrected chi connectivity index (χ1v) is 6.82. The smallest absolute Gasteiger partial charge is 0.162 e. The van der Waals surface area contributed by atoms with Crippen LogP contribution in [0.2, 0.25) is 0 Å². The summed E-state index contributed by atoms with van der Waals surface area (Å²) in [5, 5.41) is 0. The standard InChI is InChI=1S/C18H16O2/c19-16-11-12-20-17(13-16)18(14-7-3-1-4-8-14)15-9-5-2-6-10-15/h1-10,13,18H,11-12H2. The average molecular weight is 264 g/mol. The van der Waals surface area contributed by atoms with Crippen LogP contribution in [0.1, 0.15) is 23.5 Å². The Balaban J connectivity index is 2.07. The predicted molar refractivity (Wildman–Crippen MR) is 78.4 cm³/mol. The molecule has 100 valence electrons. The summed E-state index contributed by atoms with van der Waals surface area (Å²) in [5.74, 6) is 0.878. The average Bonchev–Trinajstić information content (AvgIpc) is 2.50. The molecule has 0 amide bonds. The summed E-state index contributed by atoms with van der Waals surface area (Å²) in [6, 6.07) is 20.3. The molecule has 2 nitrogen and oxygen atoms in total. The first kappa shape index (κ1) is 12.7. The third-order valence-corrected chi connectivity index (χ3v) is 3.47. The second-order valence-electron chi connectivity index (χ2n) is 4.87. The van der Waals surface area contributed by atoms with Gasteiger partial charge in [0.15, 0.2) is 5.78 Å². The number of hydrogen-bond donors (Lipinski definition) is 0. The number of hydrogen-bond acceptors (Lipinski definition) is 2. The van der Waals surface area contributed by atoms with Gasteiger partial charge in [-0.3, -0.25) is 4.79 Å². The topological polar surface area (TPSA) is 26.3 Å². The van der Waals surface area contributed by atoms with Crippen molar-refractivity contribution >= 4 is 5.78 Å². The first-order chi connectivity index (χ1) is 9.84. The van der Waals surface area contributed by atoms with Gasteiger partial charge >= 0.3 is 0 Å². The van der Waals surface area contributed by atoms with Crippen molar-refractivity contribution in [3.8, 4) is 0 Å². The molecule has 1 heterocycles. The van der Waals surface area contributed by atoms with Crippen LogP contribution in [-0.2, 0) is 9.53 Å². The van der Waals surface area contributed by atoms with E-state index in [0.29, 0.717) is 13.0 Å². The molecule has 0 atom stereocenters. The maximum Gasteiger partial charge on any atom is 0.162 e. The third-order valence-electron chi connectivity index (χ3n) is 3.47. The predicted octanol–water partition coefficient (Wildman–Crippen LogP) is 3.69. The van der Waals surface area contributed by atoms with Gasteiger partial charge in [-0.2, -0.15) is 0 Å². The Bertz CT molecular complexity index is 575. The number of benzene rings is 2. The Morgan fingerprint density at radius 3 is 1.90 bits per heavy atom. The number of ether oxygens (including phenoxy) is 1. The Morgan fingerprint density at radius 2 is 1.40 bits per heavy atom. The van der Waals surface area contributed by atoms with Crippen molar-refractivity contribution < 1.29 is 9.53 Å². The molecule has 0 saturated carbocycles. The van der Waals surface area contributed by atoms with Crippen molar-refractivity contribution in [1.29, 1.82) is 0 Å². The van der Waals surface area contributed by atoms with Crippen molar-refractivity contribution in [2.24, 2.45) is 0 Å². The van der Waals surface area contributed by atoms with E-state index in [2.05, 4.69) is 24.3 Å². The fourth-order valence-electron chi connectivity index (χ4n) is 2.52. The summed E-state index contributed by atoms with van der Waals surface area (Å²) in [6.07, 6.45) is 2.12. The monoisotopic (exact) mass is 264 g/mol. The Labute approximate surface area is 118 Å². The minimum Gasteiger partial charge on any atom is -0.496 e. The molecule has 2 aromatic carbocycles. The van der Waals surface area contributed by atoms with Gasteiger partial charge in [-0.15, -0.1) is 0 Å². The summed E-state index contributed by atoms with van der Waals surface area (Å²) in [4.78, 5) is 11.7. The normalized spacial score (nSPS) is 14.8. The molecule has 0 fully saturated rings. The summed E-state index contributed by atoms with van der Waals surface area (Å²) in [7, 11) is 0.